The lowest BCUT2D eigenvalue weighted by Crippen LogP contribution is -2.28. The molecule has 2 aromatic carbocycles. The van der Waals surface area contributed by atoms with Crippen molar-refractivity contribution in [1.82, 2.24) is 9.97 Å². The van der Waals surface area contributed by atoms with Crippen LogP contribution >= 0.6 is 12.2 Å². The van der Waals surface area contributed by atoms with Crippen LogP contribution in [0.1, 0.15) is 82.2 Å². The number of hydrogen-bond acceptors (Lipinski definition) is 7. The molecule has 0 spiro atoms. The van der Waals surface area contributed by atoms with E-state index in [1.807, 2.05) is 42.5 Å². The zero-order valence-electron chi connectivity index (χ0n) is 23.0. The molecule has 0 amide bonds. The Hall–Kier alpha value is -3.65. The zero-order valence-corrected chi connectivity index (χ0v) is 23.8. The van der Waals surface area contributed by atoms with Crippen LogP contribution < -0.4 is 11.1 Å². The first-order valence-corrected chi connectivity index (χ1v) is 13.2. The molecule has 1 aromatic heterocycles. The van der Waals surface area contributed by atoms with Crippen molar-refractivity contribution in [2.24, 2.45) is 0 Å². The molecule has 38 heavy (non-hydrogen) atoms. The van der Waals surface area contributed by atoms with Gasteiger partial charge in [-0.3, -0.25) is 0 Å². The molecule has 0 aliphatic carbocycles. The van der Waals surface area contributed by atoms with Crippen LogP contribution in [0.5, 0.6) is 5.75 Å². The number of phenols is 1. The van der Waals surface area contributed by atoms with Crippen molar-refractivity contribution in [3.05, 3.63) is 80.6 Å². The standard InChI is InChI=1S/C30H36N4O3S/c1-8-37-27(36)21-20(17-14-18(29(2,3)4)24(35)19(15-17)30(5,6)7)22-25(31)33-28(38)34-26(22)32-23(21)16-12-10-9-11-13-16/h9-15,20,35H,8H2,1-7H3,(H4,31,32,33,34,38). The lowest BCUT2D eigenvalue weighted by molar-refractivity contribution is -0.138. The molecule has 1 aliphatic rings. The van der Waals surface area contributed by atoms with Crippen LogP contribution in [0.25, 0.3) is 5.70 Å². The third-order valence-corrected chi connectivity index (χ3v) is 6.92. The highest BCUT2D eigenvalue weighted by molar-refractivity contribution is 7.71. The summed E-state index contributed by atoms with van der Waals surface area (Å²) in [5.74, 6) is -0.0481. The number of fused-ring (bicyclic) bond motifs is 1. The normalized spacial score (nSPS) is 15.6. The smallest absolute Gasteiger partial charge is 0.337 e. The number of H-pyrrole nitrogens is 1. The quantitative estimate of drug-likeness (QED) is 0.222. The van der Waals surface area contributed by atoms with Crippen molar-refractivity contribution >= 4 is 35.5 Å². The zero-order chi connectivity index (χ0) is 28.0. The largest absolute Gasteiger partial charge is 0.507 e. The number of anilines is 2. The summed E-state index contributed by atoms with van der Waals surface area (Å²) in [6.45, 7) is 14.3. The summed E-state index contributed by atoms with van der Waals surface area (Å²) in [5.41, 5.74) is 10.6. The van der Waals surface area contributed by atoms with Crippen molar-refractivity contribution < 1.29 is 14.6 Å². The van der Waals surface area contributed by atoms with Gasteiger partial charge >= 0.3 is 5.97 Å². The van der Waals surface area contributed by atoms with Crippen LogP contribution in [0.4, 0.5) is 11.6 Å². The summed E-state index contributed by atoms with van der Waals surface area (Å²) in [4.78, 5) is 21.2. The van der Waals surface area contributed by atoms with E-state index in [0.717, 1.165) is 22.3 Å². The summed E-state index contributed by atoms with van der Waals surface area (Å²) >= 11 is 5.35. The monoisotopic (exact) mass is 532 g/mol. The number of rotatable bonds is 4. The van der Waals surface area contributed by atoms with Gasteiger partial charge in [0.2, 0.25) is 0 Å². The predicted molar refractivity (Wildman–Crippen MR) is 155 cm³/mol. The van der Waals surface area contributed by atoms with Crippen LogP contribution in [-0.4, -0.2) is 27.7 Å². The highest BCUT2D eigenvalue weighted by Crippen LogP contribution is 2.49. The van der Waals surface area contributed by atoms with E-state index in [1.54, 1.807) is 6.92 Å². The average molecular weight is 533 g/mol. The number of aromatic nitrogens is 2. The fraction of sp³-hybridized carbons (Fsp3) is 0.367. The molecule has 0 saturated heterocycles. The maximum absolute atomic E-state index is 13.7. The first kappa shape index (κ1) is 27.4. The number of esters is 1. The summed E-state index contributed by atoms with van der Waals surface area (Å²) < 4.78 is 5.84. The van der Waals surface area contributed by atoms with Gasteiger partial charge in [-0.1, -0.05) is 84.0 Å². The summed E-state index contributed by atoms with van der Waals surface area (Å²) in [7, 11) is 0. The average Bonchev–Trinajstić information content (AvgIpc) is 2.82. The second kappa shape index (κ2) is 9.91. The number of carbonyl (C=O) groups is 1. The molecule has 0 radical (unpaired) electrons. The minimum atomic E-state index is -0.636. The second-order valence-corrected chi connectivity index (χ2v) is 12.0. The Labute approximate surface area is 229 Å². The fourth-order valence-electron chi connectivity index (χ4n) is 4.92. The number of nitrogens with zero attached hydrogens (tertiary/aromatic N) is 1. The number of benzene rings is 2. The fourth-order valence-corrected chi connectivity index (χ4v) is 5.12. The van der Waals surface area contributed by atoms with E-state index in [0.29, 0.717) is 28.5 Å². The molecular weight excluding hydrogens is 496 g/mol. The number of hydrogen-bond donors (Lipinski definition) is 4. The van der Waals surface area contributed by atoms with Gasteiger partial charge in [-0.2, -0.15) is 0 Å². The lowest BCUT2D eigenvalue weighted by Gasteiger charge is -2.34. The van der Waals surface area contributed by atoms with Crippen LogP contribution in [0.15, 0.2) is 48.0 Å². The number of nitrogens with two attached hydrogens (primary N) is 1. The Bertz CT molecular complexity index is 1440. The Morgan fingerprint density at radius 1 is 1.08 bits per heavy atom. The van der Waals surface area contributed by atoms with Crippen molar-refractivity contribution in [2.75, 3.05) is 17.7 Å². The van der Waals surface area contributed by atoms with Crippen molar-refractivity contribution in [2.45, 2.75) is 65.2 Å². The Morgan fingerprint density at radius 2 is 1.66 bits per heavy atom. The van der Waals surface area contributed by atoms with E-state index in [1.165, 1.54) is 0 Å². The molecule has 200 valence electrons. The Kier molecular flexibility index (Phi) is 7.14. The SMILES string of the molecule is CCOC(=O)C1=C(c2ccccc2)Nc2nc(=S)[nH]c(N)c2C1c1cc(C(C)(C)C)c(O)c(C(C)(C)C)c1. The van der Waals surface area contributed by atoms with Gasteiger partial charge < -0.3 is 25.9 Å². The van der Waals surface area contributed by atoms with Crippen LogP contribution in [0, 0.1) is 4.77 Å². The molecule has 8 heteroatoms. The minimum absolute atomic E-state index is 0.213. The van der Waals surface area contributed by atoms with Gasteiger partial charge in [-0.15, -0.1) is 0 Å². The topological polar surface area (TPSA) is 113 Å². The van der Waals surface area contributed by atoms with Gasteiger partial charge in [0.15, 0.2) is 4.77 Å². The molecule has 0 saturated carbocycles. The molecule has 0 bridgehead atoms. The molecule has 1 unspecified atom stereocenters. The van der Waals surface area contributed by atoms with E-state index in [9.17, 15) is 9.90 Å². The predicted octanol–water partition coefficient (Wildman–Crippen LogP) is 6.55. The molecule has 1 aliphatic heterocycles. The van der Waals surface area contributed by atoms with Gasteiger partial charge in [0.1, 0.15) is 17.4 Å². The second-order valence-electron chi connectivity index (χ2n) is 11.6. The maximum Gasteiger partial charge on any atom is 0.337 e. The maximum atomic E-state index is 13.7. The number of nitrogen functional groups attached to an aromatic ring is 1. The Balaban J connectivity index is 2.17. The van der Waals surface area contributed by atoms with E-state index in [2.05, 4.69) is 56.8 Å². The van der Waals surface area contributed by atoms with Gasteiger partial charge in [-0.25, -0.2) is 9.78 Å². The van der Waals surface area contributed by atoms with Crippen LogP contribution in [-0.2, 0) is 20.4 Å². The van der Waals surface area contributed by atoms with E-state index < -0.39 is 11.9 Å². The van der Waals surface area contributed by atoms with E-state index >= 15 is 0 Å². The van der Waals surface area contributed by atoms with Crippen molar-refractivity contribution in [3.63, 3.8) is 0 Å². The third kappa shape index (κ3) is 5.05. The van der Waals surface area contributed by atoms with Gasteiger partial charge in [0.25, 0.3) is 0 Å². The van der Waals surface area contributed by atoms with Gasteiger partial charge in [0, 0.05) is 5.56 Å². The number of ether oxygens (including phenoxy) is 1. The van der Waals surface area contributed by atoms with Gasteiger partial charge in [0.05, 0.1) is 23.8 Å². The van der Waals surface area contributed by atoms with Gasteiger partial charge in [-0.05, 0) is 52.2 Å². The number of phenolic OH excluding ortho intramolecular Hbond substituents is 1. The molecule has 3 aromatic rings. The van der Waals surface area contributed by atoms with E-state index in [-0.39, 0.29) is 28.0 Å². The minimum Gasteiger partial charge on any atom is -0.507 e. The number of aromatic amines is 1. The summed E-state index contributed by atoms with van der Waals surface area (Å²) in [6.07, 6.45) is 0. The number of carbonyl (C=O) groups excluding carboxylic acids is 1. The summed E-state index contributed by atoms with van der Waals surface area (Å²) in [5, 5.41) is 14.7. The molecule has 4 rings (SSSR count). The van der Waals surface area contributed by atoms with E-state index in [4.69, 9.17) is 22.7 Å². The van der Waals surface area contributed by atoms with Crippen molar-refractivity contribution in [1.29, 1.82) is 0 Å². The highest BCUT2D eigenvalue weighted by atomic mass is 32.1. The van der Waals surface area contributed by atoms with Crippen LogP contribution in [0.2, 0.25) is 0 Å². The Morgan fingerprint density at radius 3 is 2.18 bits per heavy atom. The van der Waals surface area contributed by atoms with Crippen LogP contribution in [0.3, 0.4) is 0 Å². The molecule has 2 heterocycles. The lowest BCUT2D eigenvalue weighted by atomic mass is 9.74. The summed E-state index contributed by atoms with van der Waals surface area (Å²) in [6, 6.07) is 13.5. The molecular formula is C30H36N4O3S. The molecule has 0 fully saturated rings. The third-order valence-electron chi connectivity index (χ3n) is 6.73. The number of aromatic hydroxyl groups is 1. The molecule has 1 atom stereocenters. The number of nitrogens with one attached hydrogen (secondary N) is 2. The first-order chi connectivity index (χ1) is 17.7. The molecule has 7 nitrogen and oxygen atoms in total. The first-order valence-electron chi connectivity index (χ1n) is 12.7. The van der Waals surface area contributed by atoms with Crippen molar-refractivity contribution in [3.8, 4) is 5.75 Å². The highest BCUT2D eigenvalue weighted by Gasteiger charge is 2.39. The molecule has 5 N–H and O–H groups in total.